The van der Waals surface area contributed by atoms with Gasteiger partial charge < -0.3 is 23.7 Å². The van der Waals surface area contributed by atoms with E-state index in [-0.39, 0.29) is 35.4 Å². The number of methoxy groups -OCH3 is 1. The molecule has 8 nitrogen and oxygen atoms in total. The quantitative estimate of drug-likeness (QED) is 0.530. The predicted octanol–water partition coefficient (Wildman–Crippen LogP) is 2.04. The zero-order valence-corrected chi connectivity index (χ0v) is 17.9. The summed E-state index contributed by atoms with van der Waals surface area (Å²) in [7, 11) is 1.69. The zero-order chi connectivity index (χ0) is 20.6. The Bertz CT molecular complexity index is 641. The smallest absolute Gasteiger partial charge is 0.422 e. The monoisotopic (exact) mass is 410 g/mol. The summed E-state index contributed by atoms with van der Waals surface area (Å²) in [6.07, 6.45) is 3.78. The Balaban J connectivity index is 1.42. The average Bonchev–Trinajstić information content (AvgIpc) is 3.60. The van der Waals surface area contributed by atoms with Gasteiger partial charge in [0.05, 0.1) is 31.8 Å². The number of carbonyl (C=O) groups excluding carboxylic acids is 1. The van der Waals surface area contributed by atoms with Crippen molar-refractivity contribution in [1.82, 2.24) is 10.4 Å². The second-order valence-corrected chi connectivity index (χ2v) is 9.03. The number of nitrogens with zero attached hydrogens (tertiary/aromatic N) is 1. The molecule has 1 unspecified atom stereocenters. The van der Waals surface area contributed by atoms with Gasteiger partial charge in [0, 0.05) is 20.2 Å². The van der Waals surface area contributed by atoms with Gasteiger partial charge in [0.2, 0.25) is 0 Å². The molecule has 1 aliphatic carbocycles. The third kappa shape index (κ3) is 4.32. The summed E-state index contributed by atoms with van der Waals surface area (Å²) in [6, 6.07) is 0. The van der Waals surface area contributed by atoms with Crippen molar-refractivity contribution in [3.05, 3.63) is 11.6 Å². The van der Waals surface area contributed by atoms with Crippen LogP contribution < -0.4 is 5.43 Å². The molecule has 6 atom stereocenters. The van der Waals surface area contributed by atoms with E-state index in [0.29, 0.717) is 26.3 Å². The van der Waals surface area contributed by atoms with Gasteiger partial charge in [-0.3, -0.25) is 5.43 Å². The summed E-state index contributed by atoms with van der Waals surface area (Å²) in [6.45, 7) is 9.59. The first kappa shape index (κ1) is 21.1. The molecular formula is C21H34N2O6. The molecule has 3 heterocycles. The lowest BCUT2D eigenvalue weighted by atomic mass is 9.68. The van der Waals surface area contributed by atoms with Crippen molar-refractivity contribution < 1.29 is 28.5 Å². The molecule has 0 aromatic carbocycles. The van der Waals surface area contributed by atoms with Crippen LogP contribution in [0.3, 0.4) is 0 Å². The largest absolute Gasteiger partial charge is 0.443 e. The molecule has 3 saturated heterocycles. The van der Waals surface area contributed by atoms with Gasteiger partial charge in [0.15, 0.2) is 0 Å². The molecule has 1 saturated carbocycles. The van der Waals surface area contributed by atoms with Crippen LogP contribution in [0.15, 0.2) is 11.6 Å². The Labute approximate surface area is 172 Å². The van der Waals surface area contributed by atoms with Crippen molar-refractivity contribution >= 4 is 6.09 Å². The van der Waals surface area contributed by atoms with Crippen molar-refractivity contribution in [3.63, 3.8) is 0 Å². The predicted molar refractivity (Wildman–Crippen MR) is 105 cm³/mol. The van der Waals surface area contributed by atoms with Gasteiger partial charge >= 0.3 is 6.09 Å². The van der Waals surface area contributed by atoms with Gasteiger partial charge in [-0.05, 0) is 40.0 Å². The van der Waals surface area contributed by atoms with Crippen molar-refractivity contribution in [3.8, 4) is 0 Å². The Hall–Kier alpha value is -1.19. The highest BCUT2D eigenvalue weighted by molar-refractivity contribution is 5.66. The number of rotatable bonds is 6. The standard InChI is InChI=1S/C21H34N2O6/c1-14(2)5-6-16-20(3,29-16)18-17(25-4)15(7-8-21(18)13-27-21)28-19(24)22-23-9-11-26-12-10-23/h5,15-18H,6-13H2,1-4H3,(H,22,24)/t15-,16-,17-,18?,20-,21+/m1/s1. The molecule has 164 valence electrons. The van der Waals surface area contributed by atoms with Crippen molar-refractivity contribution in [1.29, 1.82) is 0 Å². The third-order valence-electron chi connectivity index (χ3n) is 6.76. The van der Waals surface area contributed by atoms with E-state index in [2.05, 4.69) is 32.3 Å². The Morgan fingerprint density at radius 2 is 2.03 bits per heavy atom. The Kier molecular flexibility index (Phi) is 5.92. The van der Waals surface area contributed by atoms with Gasteiger partial charge in [0.1, 0.15) is 23.4 Å². The molecule has 3 aliphatic heterocycles. The number of hydrogen-bond donors (Lipinski definition) is 1. The zero-order valence-electron chi connectivity index (χ0n) is 17.9. The summed E-state index contributed by atoms with van der Waals surface area (Å²) in [5.74, 6) is 0.0329. The van der Waals surface area contributed by atoms with E-state index in [1.807, 2.05) is 5.01 Å². The van der Waals surface area contributed by atoms with E-state index in [9.17, 15) is 4.79 Å². The fourth-order valence-corrected chi connectivity index (χ4v) is 5.04. The van der Waals surface area contributed by atoms with Gasteiger partial charge in [-0.2, -0.15) is 0 Å². The lowest BCUT2D eigenvalue weighted by molar-refractivity contribution is -0.120. The maximum Gasteiger partial charge on any atom is 0.422 e. The SMILES string of the molecule is CO[C@H]1C([C@]2(C)O[C@@H]2CC=C(C)C)[C@]2(CC[C@H]1OC(=O)NN1CCOCC1)CO2. The minimum Gasteiger partial charge on any atom is -0.443 e. The minimum absolute atomic E-state index is 0.0329. The van der Waals surface area contributed by atoms with E-state index in [1.165, 1.54) is 5.57 Å². The fraction of sp³-hybridized carbons (Fsp3) is 0.857. The Morgan fingerprint density at radius 1 is 1.31 bits per heavy atom. The first-order valence-electron chi connectivity index (χ1n) is 10.7. The average molecular weight is 411 g/mol. The van der Waals surface area contributed by atoms with Gasteiger partial charge in [-0.1, -0.05) is 11.6 Å². The number of morpholine rings is 1. The molecular weight excluding hydrogens is 376 g/mol. The molecule has 29 heavy (non-hydrogen) atoms. The molecule has 4 fully saturated rings. The number of allylic oxidation sites excluding steroid dienone is 1. The van der Waals surface area contributed by atoms with Crippen molar-refractivity contribution in [2.24, 2.45) is 5.92 Å². The first-order chi connectivity index (χ1) is 13.9. The number of hydrazine groups is 1. The lowest BCUT2D eigenvalue weighted by Gasteiger charge is -2.42. The van der Waals surface area contributed by atoms with Crippen LogP contribution in [-0.2, 0) is 23.7 Å². The maximum atomic E-state index is 12.5. The van der Waals surface area contributed by atoms with Crippen molar-refractivity contribution in [2.75, 3.05) is 40.0 Å². The number of nitrogens with one attached hydrogen (secondary N) is 1. The summed E-state index contributed by atoms with van der Waals surface area (Å²) >= 11 is 0. The highest BCUT2D eigenvalue weighted by Crippen LogP contribution is 2.59. The number of carbonyl (C=O) groups is 1. The fourth-order valence-electron chi connectivity index (χ4n) is 5.04. The van der Waals surface area contributed by atoms with E-state index in [1.54, 1.807) is 7.11 Å². The number of hydrogen-bond acceptors (Lipinski definition) is 7. The van der Waals surface area contributed by atoms with Crippen LogP contribution in [0.4, 0.5) is 4.79 Å². The maximum absolute atomic E-state index is 12.5. The number of ether oxygens (including phenoxy) is 5. The van der Waals surface area contributed by atoms with Crippen LogP contribution in [0.1, 0.15) is 40.0 Å². The lowest BCUT2D eigenvalue weighted by Crippen LogP contribution is -2.57. The van der Waals surface area contributed by atoms with Crippen LogP contribution in [0.25, 0.3) is 0 Å². The van der Waals surface area contributed by atoms with E-state index in [0.717, 1.165) is 25.9 Å². The highest BCUT2D eigenvalue weighted by Gasteiger charge is 2.72. The van der Waals surface area contributed by atoms with Gasteiger partial charge in [-0.15, -0.1) is 0 Å². The van der Waals surface area contributed by atoms with Gasteiger partial charge in [0.25, 0.3) is 0 Å². The Morgan fingerprint density at radius 3 is 2.66 bits per heavy atom. The van der Waals surface area contributed by atoms with Crippen molar-refractivity contribution in [2.45, 2.75) is 69.5 Å². The summed E-state index contributed by atoms with van der Waals surface area (Å²) in [5, 5.41) is 1.83. The highest BCUT2D eigenvalue weighted by atomic mass is 16.6. The number of epoxide rings is 2. The molecule has 4 aliphatic rings. The van der Waals surface area contributed by atoms with E-state index >= 15 is 0 Å². The third-order valence-corrected chi connectivity index (χ3v) is 6.76. The molecule has 0 aromatic rings. The molecule has 4 rings (SSSR count). The molecule has 8 heteroatoms. The van der Waals surface area contributed by atoms with E-state index in [4.69, 9.17) is 23.7 Å². The normalized spacial score (nSPS) is 41.7. The molecule has 0 bridgehead atoms. The molecule has 1 amide bonds. The minimum atomic E-state index is -0.437. The molecule has 1 N–H and O–H groups in total. The van der Waals surface area contributed by atoms with Crippen LogP contribution in [0.5, 0.6) is 0 Å². The van der Waals surface area contributed by atoms with Crippen LogP contribution in [0, 0.1) is 5.92 Å². The van der Waals surface area contributed by atoms with Gasteiger partial charge in [-0.25, -0.2) is 9.80 Å². The second-order valence-electron chi connectivity index (χ2n) is 9.03. The summed E-state index contributed by atoms with van der Waals surface area (Å²) in [5.41, 5.74) is 3.57. The van der Waals surface area contributed by atoms with Crippen LogP contribution >= 0.6 is 0 Å². The first-order valence-corrected chi connectivity index (χ1v) is 10.7. The summed E-state index contributed by atoms with van der Waals surface area (Å²) in [4.78, 5) is 12.5. The van der Waals surface area contributed by atoms with E-state index < -0.39 is 6.09 Å². The number of amides is 1. The van der Waals surface area contributed by atoms with Crippen LogP contribution in [-0.4, -0.2) is 80.6 Å². The second kappa shape index (κ2) is 8.15. The molecule has 0 radical (unpaired) electrons. The summed E-state index contributed by atoms with van der Waals surface area (Å²) < 4.78 is 29.2. The topological polar surface area (TPSA) is 85.1 Å². The molecule has 1 spiro atoms. The van der Waals surface area contributed by atoms with Crippen LogP contribution in [0.2, 0.25) is 0 Å². The molecule has 0 aromatic heterocycles.